The van der Waals surface area contributed by atoms with Crippen molar-refractivity contribution in [1.82, 2.24) is 0 Å². The smallest absolute Gasteiger partial charge is 1.00 e. The summed E-state index contributed by atoms with van der Waals surface area (Å²) in [5, 5.41) is 5.70. The third-order valence-electron chi connectivity index (χ3n) is 8.58. The summed E-state index contributed by atoms with van der Waals surface area (Å²) in [5.74, 6) is 0. The molecule has 6 aromatic carbocycles. The Hall–Kier alpha value is -2.44. The molecular formula is C38H34Cl2Zr. The first-order valence-corrected chi connectivity index (χ1v) is 14.2. The monoisotopic (exact) mass is 650 g/mol. The van der Waals surface area contributed by atoms with Gasteiger partial charge in [-0.05, 0) is 49.7 Å². The van der Waals surface area contributed by atoms with Crippen molar-refractivity contribution in [2.75, 3.05) is 0 Å². The summed E-state index contributed by atoms with van der Waals surface area (Å²) >= 11 is 0. The maximum Gasteiger partial charge on any atom is 4.00 e. The molecule has 2 aliphatic rings. The SMILES string of the molecule is Cc1cc2c(-c3ccccc3)c3c(cc2[cH-]1)CCC3.Cc1cc2c(-c3ccccc3)c3c(cc2[cH-]1)CCC3.[Cl-].[Cl-].[Zr+4]. The predicted molar refractivity (Wildman–Crippen MR) is 163 cm³/mol. The number of halogens is 2. The van der Waals surface area contributed by atoms with Crippen LogP contribution in [0.15, 0.2) is 97.1 Å². The molecule has 0 nitrogen and oxygen atoms in total. The molecule has 0 bridgehead atoms. The van der Waals surface area contributed by atoms with Crippen molar-refractivity contribution < 1.29 is 51.0 Å². The van der Waals surface area contributed by atoms with Crippen LogP contribution in [-0.4, -0.2) is 0 Å². The second-order valence-electron chi connectivity index (χ2n) is 11.3. The Kier molecular flexibility index (Phi) is 10.2. The summed E-state index contributed by atoms with van der Waals surface area (Å²) in [6.45, 7) is 4.39. The van der Waals surface area contributed by atoms with Crippen molar-refractivity contribution in [3.8, 4) is 22.3 Å². The zero-order chi connectivity index (χ0) is 25.6. The first kappa shape index (κ1) is 31.5. The Morgan fingerprint density at radius 3 is 1.29 bits per heavy atom. The molecule has 0 radical (unpaired) electrons. The fraction of sp³-hybridized carbons (Fsp3) is 0.211. The van der Waals surface area contributed by atoms with Crippen LogP contribution in [0.1, 0.15) is 46.2 Å². The van der Waals surface area contributed by atoms with Gasteiger partial charge < -0.3 is 24.8 Å². The standard InChI is InChI=1S/2C19H17.2ClH.Zr/c2*1-13-10-16-12-15-8-5-9-17(15)19(18(16)11-13)14-6-3-2-4-7-14;;;/h2*2-4,6-7,10-12H,5,8-9H2,1H3;2*1H;/q2*-1;;;+4/p-2. The molecule has 0 fully saturated rings. The third kappa shape index (κ3) is 5.92. The van der Waals surface area contributed by atoms with Gasteiger partial charge in [0.2, 0.25) is 0 Å². The number of aryl methyl sites for hydroxylation is 4. The van der Waals surface area contributed by atoms with Crippen molar-refractivity contribution in [2.24, 2.45) is 0 Å². The Morgan fingerprint density at radius 2 is 0.902 bits per heavy atom. The molecule has 41 heavy (non-hydrogen) atoms. The fourth-order valence-corrected chi connectivity index (χ4v) is 7.02. The zero-order valence-electron chi connectivity index (χ0n) is 23.7. The van der Waals surface area contributed by atoms with Crippen LogP contribution < -0.4 is 24.8 Å². The molecule has 8 rings (SSSR count). The summed E-state index contributed by atoms with van der Waals surface area (Å²) in [4.78, 5) is 0. The molecule has 0 amide bonds. The van der Waals surface area contributed by atoms with Crippen molar-refractivity contribution >= 4 is 21.5 Å². The molecule has 3 heteroatoms. The topological polar surface area (TPSA) is 0 Å². The molecule has 0 saturated heterocycles. The van der Waals surface area contributed by atoms with Gasteiger partial charge in [-0.15, -0.1) is 56.9 Å². The number of rotatable bonds is 2. The van der Waals surface area contributed by atoms with Gasteiger partial charge in [-0.25, -0.2) is 0 Å². The van der Waals surface area contributed by atoms with Crippen LogP contribution >= 0.6 is 0 Å². The quantitative estimate of drug-likeness (QED) is 0.248. The van der Waals surface area contributed by atoms with Crippen LogP contribution in [-0.2, 0) is 51.9 Å². The number of hydrogen-bond donors (Lipinski definition) is 0. The van der Waals surface area contributed by atoms with Gasteiger partial charge in [0.05, 0.1) is 0 Å². The molecule has 0 N–H and O–H groups in total. The summed E-state index contributed by atoms with van der Waals surface area (Å²) in [6, 6.07) is 35.9. The second-order valence-corrected chi connectivity index (χ2v) is 11.3. The van der Waals surface area contributed by atoms with Gasteiger partial charge in [-0.2, -0.15) is 12.1 Å². The van der Waals surface area contributed by atoms with E-state index in [1.54, 1.807) is 22.3 Å². The van der Waals surface area contributed by atoms with Gasteiger partial charge in [0.1, 0.15) is 0 Å². The normalized spacial score (nSPS) is 12.9. The van der Waals surface area contributed by atoms with Crippen LogP contribution in [0.2, 0.25) is 0 Å². The van der Waals surface area contributed by atoms with E-state index in [0.717, 1.165) is 0 Å². The van der Waals surface area contributed by atoms with Gasteiger partial charge in [0, 0.05) is 0 Å². The van der Waals surface area contributed by atoms with Crippen LogP contribution in [0.3, 0.4) is 0 Å². The molecule has 204 valence electrons. The molecule has 0 aromatic heterocycles. The van der Waals surface area contributed by atoms with Crippen LogP contribution in [0.4, 0.5) is 0 Å². The Morgan fingerprint density at radius 1 is 0.512 bits per heavy atom. The van der Waals surface area contributed by atoms with Crippen molar-refractivity contribution in [3.63, 3.8) is 0 Å². The molecule has 0 aliphatic heterocycles. The first-order valence-electron chi connectivity index (χ1n) is 14.2. The van der Waals surface area contributed by atoms with Crippen molar-refractivity contribution in [1.29, 1.82) is 0 Å². The number of fused-ring (bicyclic) bond motifs is 4. The minimum Gasteiger partial charge on any atom is -1.00 e. The van der Waals surface area contributed by atoms with Gasteiger partial charge in [-0.3, -0.25) is 0 Å². The average molecular weight is 653 g/mol. The van der Waals surface area contributed by atoms with E-state index >= 15 is 0 Å². The van der Waals surface area contributed by atoms with Gasteiger partial charge >= 0.3 is 26.2 Å². The molecule has 0 saturated carbocycles. The Bertz CT molecular complexity index is 1640. The van der Waals surface area contributed by atoms with E-state index in [1.807, 2.05) is 0 Å². The van der Waals surface area contributed by atoms with E-state index in [2.05, 4.69) is 111 Å². The van der Waals surface area contributed by atoms with Crippen molar-refractivity contribution in [2.45, 2.75) is 52.4 Å². The van der Waals surface area contributed by atoms with Gasteiger partial charge in [0.15, 0.2) is 0 Å². The van der Waals surface area contributed by atoms with Crippen molar-refractivity contribution in [3.05, 3.63) is 130 Å². The maximum atomic E-state index is 2.41. The van der Waals surface area contributed by atoms with Crippen LogP contribution in [0, 0.1) is 13.8 Å². The molecular weight excluding hydrogens is 619 g/mol. The first-order chi connectivity index (χ1) is 18.7. The summed E-state index contributed by atoms with van der Waals surface area (Å²) in [7, 11) is 0. The largest absolute Gasteiger partial charge is 4.00 e. The van der Waals surface area contributed by atoms with E-state index in [9.17, 15) is 0 Å². The van der Waals surface area contributed by atoms with Crippen LogP contribution in [0.25, 0.3) is 43.8 Å². The Labute approximate surface area is 275 Å². The summed E-state index contributed by atoms with van der Waals surface area (Å²) < 4.78 is 0. The van der Waals surface area contributed by atoms with E-state index < -0.39 is 0 Å². The zero-order valence-corrected chi connectivity index (χ0v) is 27.7. The van der Waals surface area contributed by atoms with Crippen LogP contribution in [0.5, 0.6) is 0 Å². The molecule has 6 aromatic rings. The minimum absolute atomic E-state index is 0. The number of benzene rings is 4. The molecule has 0 heterocycles. The molecule has 2 aliphatic carbocycles. The molecule has 0 atom stereocenters. The van der Waals surface area contributed by atoms with E-state index in [4.69, 9.17) is 0 Å². The van der Waals surface area contributed by atoms with E-state index in [1.165, 1.54) is 93.5 Å². The average Bonchev–Trinajstić information content (AvgIpc) is 3.73. The second kappa shape index (κ2) is 13.2. The van der Waals surface area contributed by atoms with Gasteiger partial charge in [0.25, 0.3) is 0 Å². The predicted octanol–water partition coefficient (Wildman–Crippen LogP) is 4.05. The maximum absolute atomic E-state index is 2.41. The van der Waals surface area contributed by atoms with Gasteiger partial charge in [-0.1, -0.05) is 108 Å². The third-order valence-corrected chi connectivity index (χ3v) is 8.58. The summed E-state index contributed by atoms with van der Waals surface area (Å²) in [6.07, 6.45) is 7.58. The molecule has 0 spiro atoms. The minimum atomic E-state index is 0. The molecule has 0 unspecified atom stereocenters. The fourth-order valence-electron chi connectivity index (χ4n) is 7.02. The number of hydrogen-bond acceptors (Lipinski definition) is 0. The van der Waals surface area contributed by atoms with E-state index in [0.29, 0.717) is 0 Å². The summed E-state index contributed by atoms with van der Waals surface area (Å²) in [5.41, 5.74) is 14.8. The van der Waals surface area contributed by atoms with E-state index in [-0.39, 0.29) is 51.0 Å². The Balaban J connectivity index is 0.000000176.